The van der Waals surface area contributed by atoms with Gasteiger partial charge >= 0.3 is 0 Å². The highest BCUT2D eigenvalue weighted by Crippen LogP contribution is 2.33. The third-order valence-corrected chi connectivity index (χ3v) is 5.82. The molecule has 2 amide bonds. The van der Waals surface area contributed by atoms with Crippen molar-refractivity contribution >= 4 is 22.9 Å². The van der Waals surface area contributed by atoms with E-state index in [1.807, 2.05) is 50.8 Å². The van der Waals surface area contributed by atoms with Crippen LogP contribution < -0.4 is 11.1 Å². The monoisotopic (exact) mass is 416 g/mol. The molecule has 164 valence electrons. The maximum Gasteiger partial charge on any atom is 0.243 e. The van der Waals surface area contributed by atoms with Crippen molar-refractivity contribution in [2.45, 2.75) is 64.8 Å². The third-order valence-electron chi connectivity index (χ3n) is 5.82. The second-order valence-electron chi connectivity index (χ2n) is 8.72. The number of amides is 2. The number of fused-ring (bicyclic) bond motifs is 1. The van der Waals surface area contributed by atoms with E-state index in [2.05, 4.69) is 10.3 Å². The molecule has 1 aliphatic rings. The predicted molar refractivity (Wildman–Crippen MR) is 113 cm³/mol. The van der Waals surface area contributed by atoms with Crippen molar-refractivity contribution in [2.24, 2.45) is 17.6 Å². The first-order valence-electron chi connectivity index (χ1n) is 10.6. The average Bonchev–Trinajstić information content (AvgIpc) is 3.34. The number of nitrogens with two attached hydrogens (primary N) is 1. The number of nitrogens with one attached hydrogen (secondary N) is 1. The maximum atomic E-state index is 12.9. The maximum absolute atomic E-state index is 12.9. The van der Waals surface area contributed by atoms with Crippen LogP contribution in [0, 0.1) is 11.8 Å². The van der Waals surface area contributed by atoms with Crippen molar-refractivity contribution in [1.82, 2.24) is 15.2 Å². The summed E-state index contributed by atoms with van der Waals surface area (Å²) in [6, 6.07) is 5.71. The zero-order chi connectivity index (χ0) is 22.0. The summed E-state index contributed by atoms with van der Waals surface area (Å²) in [5.41, 5.74) is 7.16. The number of oxazole rings is 1. The van der Waals surface area contributed by atoms with Gasteiger partial charge in [-0.05, 0) is 43.4 Å². The predicted octanol–water partition coefficient (Wildman–Crippen LogP) is 1.98. The van der Waals surface area contributed by atoms with Gasteiger partial charge in [-0.25, -0.2) is 4.98 Å². The van der Waals surface area contributed by atoms with Gasteiger partial charge in [0.1, 0.15) is 11.6 Å². The molecule has 2 heterocycles. The molecule has 0 saturated carbocycles. The second-order valence-corrected chi connectivity index (χ2v) is 8.72. The molecule has 0 spiro atoms. The van der Waals surface area contributed by atoms with Crippen molar-refractivity contribution in [3.63, 3.8) is 0 Å². The zero-order valence-electron chi connectivity index (χ0n) is 18.0. The first-order chi connectivity index (χ1) is 14.2. The number of carbonyl (C=O) groups excluding carboxylic acids is 2. The molecule has 2 aromatic rings. The largest absolute Gasteiger partial charge is 0.438 e. The molecule has 1 aromatic heterocycles. The summed E-state index contributed by atoms with van der Waals surface area (Å²) in [6.45, 7) is 8.29. The Morgan fingerprint density at radius 2 is 1.93 bits per heavy atom. The molecule has 0 bridgehead atoms. The van der Waals surface area contributed by atoms with Crippen LogP contribution in [-0.4, -0.2) is 51.5 Å². The van der Waals surface area contributed by atoms with Gasteiger partial charge < -0.3 is 15.3 Å². The van der Waals surface area contributed by atoms with E-state index in [1.165, 1.54) is 0 Å². The Bertz CT molecular complexity index is 861. The summed E-state index contributed by atoms with van der Waals surface area (Å²) in [5.74, 6) is -0.649. The molecule has 8 heteroatoms. The van der Waals surface area contributed by atoms with Gasteiger partial charge in [0.15, 0.2) is 5.58 Å². The highest BCUT2D eigenvalue weighted by atomic mass is 16.4. The Hall–Kier alpha value is -2.29. The van der Waals surface area contributed by atoms with E-state index in [0.29, 0.717) is 24.1 Å². The summed E-state index contributed by atoms with van der Waals surface area (Å²) in [7, 11) is 0. The zero-order valence-corrected chi connectivity index (χ0v) is 18.0. The Kier molecular flexibility index (Phi) is 6.90. The van der Waals surface area contributed by atoms with Crippen LogP contribution in [0.1, 0.15) is 52.5 Å². The number of aromatic nitrogens is 1. The molecule has 4 atom stereocenters. The molecule has 1 unspecified atom stereocenters. The Morgan fingerprint density at radius 3 is 2.57 bits per heavy atom. The highest BCUT2D eigenvalue weighted by Gasteiger charge is 2.42. The lowest BCUT2D eigenvalue weighted by molar-refractivity contribution is -0.135. The van der Waals surface area contributed by atoms with E-state index in [0.717, 1.165) is 6.42 Å². The molecule has 4 N–H and O–H groups in total. The van der Waals surface area contributed by atoms with Crippen LogP contribution in [0.5, 0.6) is 0 Å². The lowest BCUT2D eigenvalue weighted by Gasteiger charge is -2.37. The van der Waals surface area contributed by atoms with Crippen molar-refractivity contribution in [1.29, 1.82) is 0 Å². The Labute approximate surface area is 176 Å². The molecule has 0 radical (unpaired) electrons. The number of aliphatic hydroxyl groups is 1. The molecule has 1 saturated heterocycles. The van der Waals surface area contributed by atoms with E-state index < -0.39 is 24.1 Å². The van der Waals surface area contributed by atoms with Gasteiger partial charge in [-0.2, -0.15) is 0 Å². The summed E-state index contributed by atoms with van der Waals surface area (Å²) >= 11 is 0. The molecule has 8 nitrogen and oxygen atoms in total. The number of hydrogen-bond donors (Lipinski definition) is 3. The quantitative estimate of drug-likeness (QED) is 0.631. The molecule has 3 rings (SSSR count). The van der Waals surface area contributed by atoms with Crippen molar-refractivity contribution in [3.05, 3.63) is 30.2 Å². The number of nitrogens with zero attached hydrogens (tertiary/aromatic N) is 2. The SMILES string of the molecule is CC(C)[C@@H](C(O)c1nc2ccccc2o1)N1CCC[C@H]1C(=O)NC(=O)[C@@H](N)C(C)C. The smallest absolute Gasteiger partial charge is 0.243 e. The summed E-state index contributed by atoms with van der Waals surface area (Å²) in [5, 5.41) is 13.6. The number of rotatable bonds is 7. The molecule has 1 aromatic carbocycles. The average molecular weight is 417 g/mol. The fourth-order valence-electron chi connectivity index (χ4n) is 4.11. The molecule has 1 aliphatic heterocycles. The van der Waals surface area contributed by atoms with Crippen LogP contribution in [0.4, 0.5) is 0 Å². The lowest BCUT2D eigenvalue weighted by Crippen LogP contribution is -2.55. The van der Waals surface area contributed by atoms with Gasteiger partial charge in [0.25, 0.3) is 0 Å². The highest BCUT2D eigenvalue weighted by molar-refractivity contribution is 6.00. The fourth-order valence-corrected chi connectivity index (χ4v) is 4.11. The normalized spacial score (nSPS) is 20.6. The lowest BCUT2D eigenvalue weighted by atomic mass is 9.95. The minimum Gasteiger partial charge on any atom is -0.438 e. The van der Waals surface area contributed by atoms with E-state index in [4.69, 9.17) is 10.2 Å². The number of carbonyl (C=O) groups is 2. The van der Waals surface area contributed by atoms with Gasteiger partial charge in [-0.1, -0.05) is 39.8 Å². The summed E-state index contributed by atoms with van der Waals surface area (Å²) in [6.07, 6.45) is 0.408. The van der Waals surface area contributed by atoms with Gasteiger partial charge in [0.2, 0.25) is 17.7 Å². The number of para-hydroxylation sites is 2. The first-order valence-corrected chi connectivity index (χ1v) is 10.6. The van der Waals surface area contributed by atoms with Gasteiger partial charge in [-0.15, -0.1) is 0 Å². The topological polar surface area (TPSA) is 122 Å². The van der Waals surface area contributed by atoms with E-state index in [9.17, 15) is 14.7 Å². The van der Waals surface area contributed by atoms with E-state index in [1.54, 1.807) is 6.07 Å². The van der Waals surface area contributed by atoms with Crippen LogP contribution in [0.15, 0.2) is 28.7 Å². The summed E-state index contributed by atoms with van der Waals surface area (Å²) < 4.78 is 5.78. The molecule has 0 aliphatic carbocycles. The number of aliphatic hydroxyl groups excluding tert-OH is 1. The van der Waals surface area contributed by atoms with Crippen molar-refractivity contribution in [2.75, 3.05) is 6.54 Å². The number of hydrogen-bond acceptors (Lipinski definition) is 7. The second kappa shape index (κ2) is 9.24. The minimum atomic E-state index is -1.00. The van der Waals surface area contributed by atoms with Crippen molar-refractivity contribution < 1.29 is 19.1 Å². The number of likely N-dealkylation sites (tertiary alicyclic amines) is 1. The van der Waals surface area contributed by atoms with Gasteiger partial charge in [0.05, 0.1) is 12.1 Å². The van der Waals surface area contributed by atoms with Gasteiger partial charge in [0, 0.05) is 6.04 Å². The summed E-state index contributed by atoms with van der Waals surface area (Å²) in [4.78, 5) is 31.5. The van der Waals surface area contributed by atoms with Crippen LogP contribution in [0.3, 0.4) is 0 Å². The molecule has 1 fully saturated rings. The van der Waals surface area contributed by atoms with Gasteiger partial charge in [-0.3, -0.25) is 19.8 Å². The fraction of sp³-hybridized carbons (Fsp3) is 0.591. The van der Waals surface area contributed by atoms with E-state index >= 15 is 0 Å². The van der Waals surface area contributed by atoms with Crippen LogP contribution in [0.25, 0.3) is 11.1 Å². The first kappa shape index (κ1) is 22.4. The van der Waals surface area contributed by atoms with Crippen LogP contribution in [-0.2, 0) is 9.59 Å². The third kappa shape index (κ3) is 4.55. The Balaban J connectivity index is 1.80. The molecular weight excluding hydrogens is 384 g/mol. The van der Waals surface area contributed by atoms with E-state index in [-0.39, 0.29) is 29.7 Å². The number of imide groups is 1. The Morgan fingerprint density at radius 1 is 1.23 bits per heavy atom. The van der Waals surface area contributed by atoms with Crippen LogP contribution >= 0.6 is 0 Å². The standard InChI is InChI=1S/C22H32N4O4/c1-12(2)17(23)21(29)25-20(28)15-9-7-11-26(15)18(13(3)4)19(27)22-24-14-8-5-6-10-16(14)30-22/h5-6,8,10,12-13,15,17-19,27H,7,9,11,23H2,1-4H3,(H,25,28,29)/t15-,17-,18-,19?/m0/s1. The van der Waals surface area contributed by atoms with Crippen molar-refractivity contribution in [3.8, 4) is 0 Å². The van der Waals surface area contributed by atoms with Crippen LogP contribution in [0.2, 0.25) is 0 Å². The minimum absolute atomic E-state index is 0.0250. The molecule has 30 heavy (non-hydrogen) atoms. The number of benzene rings is 1. The molecular formula is C22H32N4O4.